The van der Waals surface area contributed by atoms with Crippen LogP contribution in [0.1, 0.15) is 36.2 Å². The van der Waals surface area contributed by atoms with Crippen LogP contribution in [0.5, 0.6) is 0 Å². The first-order chi connectivity index (χ1) is 11.4. The van der Waals surface area contributed by atoms with Gasteiger partial charge in [0, 0.05) is 12.2 Å². The molecular weight excluding hydrogens is 306 g/mol. The number of nitrogens with two attached hydrogens (primary N) is 1. The number of hydrogen-bond acceptors (Lipinski definition) is 5. The zero-order chi connectivity index (χ0) is 17.4. The molecule has 0 aliphatic heterocycles. The number of fused-ring (bicyclic) bond motifs is 2. The van der Waals surface area contributed by atoms with E-state index in [2.05, 4.69) is 15.3 Å². The van der Waals surface area contributed by atoms with Crippen molar-refractivity contribution < 1.29 is 4.79 Å². The molecule has 7 nitrogen and oxygen atoms in total. The molecule has 0 radical (unpaired) electrons. The molecule has 0 saturated carbocycles. The van der Waals surface area contributed by atoms with Crippen LogP contribution in [-0.4, -0.2) is 26.3 Å². The fraction of sp³-hybridized carbons (Fsp3) is 0.294. The molecule has 0 fully saturated rings. The van der Waals surface area contributed by atoms with E-state index in [0.29, 0.717) is 17.1 Å². The summed E-state index contributed by atoms with van der Waals surface area (Å²) in [6, 6.07) is 5.22. The van der Waals surface area contributed by atoms with Crippen molar-refractivity contribution >= 4 is 28.4 Å². The van der Waals surface area contributed by atoms with E-state index in [1.165, 1.54) is 10.5 Å². The van der Waals surface area contributed by atoms with Gasteiger partial charge in [-0.2, -0.15) is 0 Å². The minimum atomic E-state index is -0.635. The second-order valence-corrected chi connectivity index (χ2v) is 5.93. The largest absolute Gasteiger partial charge is 0.367 e. The fourth-order valence-electron chi connectivity index (χ4n) is 2.47. The van der Waals surface area contributed by atoms with Crippen LogP contribution in [0.3, 0.4) is 0 Å². The molecule has 7 heteroatoms. The van der Waals surface area contributed by atoms with E-state index in [1.807, 2.05) is 26.8 Å². The standard InChI is InChI=1S/C17H19N5O2/c1-4-10(3)19-15-11(14(18)23)7-12-16(21-15)20-13-6-5-9(2)8-22(13)17(12)24/h5-8,10H,4H2,1-3H3,(H2,18,23)(H,19,21)/t10-/m0/s1. The molecule has 0 aromatic carbocycles. The lowest BCUT2D eigenvalue weighted by Gasteiger charge is -2.15. The van der Waals surface area contributed by atoms with Gasteiger partial charge in [-0.15, -0.1) is 0 Å². The molecule has 3 heterocycles. The maximum absolute atomic E-state index is 12.7. The molecule has 0 spiro atoms. The Bertz CT molecular complexity index is 1010. The summed E-state index contributed by atoms with van der Waals surface area (Å²) in [5, 5.41) is 3.41. The first-order valence-corrected chi connectivity index (χ1v) is 7.80. The highest BCUT2D eigenvalue weighted by Gasteiger charge is 2.16. The molecule has 0 aliphatic rings. The van der Waals surface area contributed by atoms with E-state index < -0.39 is 5.91 Å². The normalized spacial score (nSPS) is 12.5. The van der Waals surface area contributed by atoms with Crippen molar-refractivity contribution in [3.63, 3.8) is 0 Å². The van der Waals surface area contributed by atoms with Crippen LogP contribution in [0.4, 0.5) is 5.82 Å². The number of rotatable bonds is 4. The van der Waals surface area contributed by atoms with Crippen LogP contribution in [0, 0.1) is 6.92 Å². The zero-order valence-corrected chi connectivity index (χ0v) is 13.8. The van der Waals surface area contributed by atoms with Gasteiger partial charge in [-0.3, -0.25) is 14.0 Å². The van der Waals surface area contributed by atoms with E-state index in [-0.39, 0.29) is 22.6 Å². The van der Waals surface area contributed by atoms with Gasteiger partial charge in [-0.1, -0.05) is 13.0 Å². The van der Waals surface area contributed by atoms with Gasteiger partial charge >= 0.3 is 0 Å². The third-order valence-corrected chi connectivity index (χ3v) is 4.01. The highest BCUT2D eigenvalue weighted by atomic mass is 16.1. The number of nitrogens with one attached hydrogen (secondary N) is 1. The van der Waals surface area contributed by atoms with E-state index in [1.54, 1.807) is 12.3 Å². The second kappa shape index (κ2) is 5.92. The minimum Gasteiger partial charge on any atom is -0.367 e. The average molecular weight is 325 g/mol. The summed E-state index contributed by atoms with van der Waals surface area (Å²) in [4.78, 5) is 33.3. The van der Waals surface area contributed by atoms with E-state index in [9.17, 15) is 9.59 Å². The molecule has 3 rings (SSSR count). The predicted molar refractivity (Wildman–Crippen MR) is 93.4 cm³/mol. The van der Waals surface area contributed by atoms with Crippen LogP contribution < -0.4 is 16.6 Å². The lowest BCUT2D eigenvalue weighted by molar-refractivity contribution is 0.100. The van der Waals surface area contributed by atoms with Crippen LogP contribution in [-0.2, 0) is 0 Å². The van der Waals surface area contributed by atoms with Gasteiger partial charge in [0.25, 0.3) is 11.5 Å². The van der Waals surface area contributed by atoms with E-state index >= 15 is 0 Å². The van der Waals surface area contributed by atoms with E-state index in [0.717, 1.165) is 12.0 Å². The minimum absolute atomic E-state index is 0.109. The first-order valence-electron chi connectivity index (χ1n) is 7.80. The van der Waals surface area contributed by atoms with Crippen molar-refractivity contribution in [3.05, 3.63) is 45.9 Å². The third kappa shape index (κ3) is 2.68. The van der Waals surface area contributed by atoms with Gasteiger partial charge < -0.3 is 11.1 Å². The Hall–Kier alpha value is -2.96. The van der Waals surface area contributed by atoms with Gasteiger partial charge in [0.1, 0.15) is 11.5 Å². The maximum Gasteiger partial charge on any atom is 0.267 e. The first kappa shape index (κ1) is 15.9. The summed E-state index contributed by atoms with van der Waals surface area (Å²) in [6.07, 6.45) is 2.56. The summed E-state index contributed by atoms with van der Waals surface area (Å²) < 4.78 is 1.45. The number of carbonyl (C=O) groups is 1. The molecule has 1 amide bonds. The molecule has 3 aromatic rings. The van der Waals surface area contributed by atoms with Crippen LogP contribution in [0.25, 0.3) is 16.7 Å². The van der Waals surface area contributed by atoms with Crippen LogP contribution in [0.2, 0.25) is 0 Å². The van der Waals surface area contributed by atoms with Crippen molar-refractivity contribution in [1.82, 2.24) is 14.4 Å². The molecule has 3 aromatic heterocycles. The SMILES string of the molecule is CC[C@H](C)Nc1nc2nc3ccc(C)cn3c(=O)c2cc1C(N)=O. The van der Waals surface area contributed by atoms with Crippen molar-refractivity contribution in [1.29, 1.82) is 0 Å². The summed E-state index contributed by atoms with van der Waals surface area (Å²) in [5.41, 5.74) is 7.11. The molecule has 0 bridgehead atoms. The molecular formula is C17H19N5O2. The Morgan fingerprint density at radius 1 is 1.38 bits per heavy atom. The number of nitrogens with zero attached hydrogens (tertiary/aromatic N) is 3. The number of pyridine rings is 2. The monoisotopic (exact) mass is 325 g/mol. The van der Waals surface area contributed by atoms with E-state index in [4.69, 9.17) is 5.73 Å². The summed E-state index contributed by atoms with van der Waals surface area (Å²) in [5.74, 6) is -0.281. The lowest BCUT2D eigenvalue weighted by atomic mass is 10.1. The Balaban J connectivity index is 2.33. The smallest absolute Gasteiger partial charge is 0.267 e. The Kier molecular flexibility index (Phi) is 3.92. The Morgan fingerprint density at radius 3 is 2.79 bits per heavy atom. The van der Waals surface area contributed by atoms with Crippen molar-refractivity contribution in [2.24, 2.45) is 5.73 Å². The fourth-order valence-corrected chi connectivity index (χ4v) is 2.47. The maximum atomic E-state index is 12.7. The predicted octanol–water partition coefficient (Wildman–Crippen LogP) is 1.86. The highest BCUT2D eigenvalue weighted by Crippen LogP contribution is 2.19. The van der Waals surface area contributed by atoms with Gasteiger partial charge in [-0.25, -0.2) is 9.97 Å². The number of primary amides is 1. The van der Waals surface area contributed by atoms with Crippen molar-refractivity contribution in [2.75, 3.05) is 5.32 Å². The number of carbonyl (C=O) groups excluding carboxylic acids is 1. The molecule has 0 unspecified atom stereocenters. The van der Waals surface area contributed by atoms with Crippen LogP contribution in [0.15, 0.2) is 29.2 Å². The van der Waals surface area contributed by atoms with Gasteiger partial charge in [-0.05, 0) is 38.0 Å². The number of aromatic nitrogens is 3. The lowest BCUT2D eigenvalue weighted by Crippen LogP contribution is -2.23. The van der Waals surface area contributed by atoms with Gasteiger partial charge in [0.15, 0.2) is 5.65 Å². The highest BCUT2D eigenvalue weighted by molar-refractivity contribution is 6.00. The summed E-state index contributed by atoms with van der Waals surface area (Å²) in [6.45, 7) is 5.88. The number of anilines is 1. The topological polar surface area (TPSA) is 102 Å². The molecule has 0 aliphatic carbocycles. The average Bonchev–Trinajstić information content (AvgIpc) is 2.55. The number of amides is 1. The summed E-state index contributed by atoms with van der Waals surface area (Å²) in [7, 11) is 0. The zero-order valence-electron chi connectivity index (χ0n) is 13.8. The van der Waals surface area contributed by atoms with Crippen molar-refractivity contribution in [3.8, 4) is 0 Å². The number of hydrogen-bond donors (Lipinski definition) is 2. The van der Waals surface area contributed by atoms with Gasteiger partial charge in [0.2, 0.25) is 0 Å². The molecule has 1 atom stereocenters. The number of aryl methyl sites for hydroxylation is 1. The molecule has 3 N–H and O–H groups in total. The Morgan fingerprint density at radius 2 is 2.12 bits per heavy atom. The second-order valence-electron chi connectivity index (χ2n) is 5.93. The van der Waals surface area contributed by atoms with Crippen molar-refractivity contribution in [2.45, 2.75) is 33.2 Å². The molecule has 124 valence electrons. The summed E-state index contributed by atoms with van der Waals surface area (Å²) >= 11 is 0. The van der Waals surface area contributed by atoms with Gasteiger partial charge in [0.05, 0.1) is 10.9 Å². The molecule has 0 saturated heterocycles. The quantitative estimate of drug-likeness (QED) is 0.713. The third-order valence-electron chi connectivity index (χ3n) is 4.01. The Labute approximate surface area is 138 Å². The molecule has 24 heavy (non-hydrogen) atoms. The van der Waals surface area contributed by atoms with Crippen LogP contribution >= 0.6 is 0 Å².